The standard InChI is InChI=1S/C33H33FN6O4/c34-27-12-21(14-35)4-5-24(27)20-44-32-3-1-2-30(37-32)40-25-7-8-26(40)17-38(16-25)18-31-36-28-9-6-23(33(41)42)13-29(28)39(31)15-22-10-11-43-19-22/h1-6,9,12-13,22,25-26H,7-8,10-11,15-20H2,(H,41,42). The van der Waals surface area contributed by atoms with E-state index in [2.05, 4.69) is 14.4 Å². The Labute approximate surface area is 254 Å². The van der Waals surface area contributed by atoms with Crippen molar-refractivity contribution in [2.45, 2.75) is 51.0 Å². The van der Waals surface area contributed by atoms with E-state index in [0.717, 1.165) is 68.2 Å². The third-order valence-electron chi connectivity index (χ3n) is 8.99. The molecule has 44 heavy (non-hydrogen) atoms. The number of halogens is 1. The van der Waals surface area contributed by atoms with Crippen molar-refractivity contribution in [2.75, 3.05) is 31.2 Å². The van der Waals surface area contributed by atoms with Gasteiger partial charge in [0.2, 0.25) is 5.88 Å². The molecule has 0 amide bonds. The van der Waals surface area contributed by atoms with Gasteiger partial charge in [-0.1, -0.05) is 12.1 Å². The molecule has 4 aromatic rings. The number of aromatic nitrogens is 3. The first-order valence-electron chi connectivity index (χ1n) is 15.0. The highest BCUT2D eigenvalue weighted by molar-refractivity contribution is 5.92. The molecule has 3 fully saturated rings. The Kier molecular flexibility index (Phi) is 7.62. The van der Waals surface area contributed by atoms with Crippen LogP contribution in [0.25, 0.3) is 11.0 Å². The third kappa shape index (κ3) is 5.58. The van der Waals surface area contributed by atoms with Crippen molar-refractivity contribution in [3.8, 4) is 11.9 Å². The number of ether oxygens (including phenoxy) is 2. The average Bonchev–Trinajstić information content (AvgIpc) is 3.73. The molecule has 11 heteroatoms. The maximum absolute atomic E-state index is 14.4. The first kappa shape index (κ1) is 28.3. The lowest BCUT2D eigenvalue weighted by Crippen LogP contribution is -2.54. The molecule has 1 N–H and O–H groups in total. The molecular formula is C33H33FN6O4. The van der Waals surface area contributed by atoms with Gasteiger partial charge in [-0.25, -0.2) is 14.2 Å². The number of benzene rings is 2. The second kappa shape index (κ2) is 11.9. The molecule has 3 aliphatic rings. The lowest BCUT2D eigenvalue weighted by Gasteiger charge is -2.41. The molecule has 0 spiro atoms. The summed E-state index contributed by atoms with van der Waals surface area (Å²) >= 11 is 0. The fraction of sp³-hybridized carbons (Fsp3) is 0.394. The van der Waals surface area contributed by atoms with Gasteiger partial charge in [-0.05, 0) is 55.7 Å². The maximum atomic E-state index is 14.4. The van der Waals surface area contributed by atoms with E-state index in [9.17, 15) is 14.3 Å². The number of nitriles is 1. The molecule has 3 aliphatic heterocycles. The van der Waals surface area contributed by atoms with Crippen LogP contribution in [0.15, 0.2) is 54.6 Å². The van der Waals surface area contributed by atoms with Gasteiger partial charge in [0.25, 0.3) is 0 Å². The minimum absolute atomic E-state index is 0.0244. The van der Waals surface area contributed by atoms with E-state index in [1.807, 2.05) is 24.3 Å². The van der Waals surface area contributed by atoms with Crippen LogP contribution in [0.4, 0.5) is 10.2 Å². The highest BCUT2D eigenvalue weighted by Crippen LogP contribution is 2.35. The van der Waals surface area contributed by atoms with E-state index in [-0.39, 0.29) is 29.8 Å². The Balaban J connectivity index is 1.07. The molecule has 3 saturated heterocycles. The number of hydrogen-bond acceptors (Lipinski definition) is 8. The van der Waals surface area contributed by atoms with Gasteiger partial charge in [-0.2, -0.15) is 10.2 Å². The van der Waals surface area contributed by atoms with Crippen LogP contribution >= 0.6 is 0 Å². The topological polar surface area (TPSA) is 117 Å². The number of carboxylic acids is 1. The molecule has 2 aromatic heterocycles. The summed E-state index contributed by atoms with van der Waals surface area (Å²) in [6.07, 6.45) is 3.10. The summed E-state index contributed by atoms with van der Waals surface area (Å²) < 4.78 is 28.0. The quantitative estimate of drug-likeness (QED) is 0.296. The van der Waals surface area contributed by atoms with Crippen molar-refractivity contribution in [3.05, 3.63) is 82.9 Å². The van der Waals surface area contributed by atoms with Crippen molar-refractivity contribution >= 4 is 22.8 Å². The predicted octanol–water partition coefficient (Wildman–Crippen LogP) is 4.61. The molecule has 10 nitrogen and oxygen atoms in total. The van der Waals surface area contributed by atoms with Crippen LogP contribution in [-0.2, 0) is 24.4 Å². The van der Waals surface area contributed by atoms with Gasteiger partial charge in [-0.15, -0.1) is 0 Å². The Morgan fingerprint density at radius 1 is 1.09 bits per heavy atom. The van der Waals surface area contributed by atoms with Gasteiger partial charge in [0.1, 0.15) is 24.1 Å². The monoisotopic (exact) mass is 596 g/mol. The molecule has 0 aliphatic carbocycles. The van der Waals surface area contributed by atoms with Crippen molar-refractivity contribution in [1.29, 1.82) is 5.26 Å². The molecule has 226 valence electrons. The van der Waals surface area contributed by atoms with Crippen LogP contribution in [0.2, 0.25) is 0 Å². The number of piperazine rings is 1. The normalized spacial score (nSPS) is 21.5. The SMILES string of the molecule is N#Cc1ccc(COc2cccc(N3C4CCC3CN(Cc3nc5ccc(C(=O)O)cc5n3CC3CCOC3)C4)n2)c(F)c1. The number of pyridine rings is 1. The maximum Gasteiger partial charge on any atom is 0.335 e. The highest BCUT2D eigenvalue weighted by Gasteiger charge is 2.41. The number of carbonyl (C=O) groups is 1. The summed E-state index contributed by atoms with van der Waals surface area (Å²) in [7, 11) is 0. The molecule has 7 rings (SSSR count). The smallest absolute Gasteiger partial charge is 0.335 e. The fourth-order valence-electron chi connectivity index (χ4n) is 6.82. The summed E-state index contributed by atoms with van der Waals surface area (Å²) in [5.41, 5.74) is 2.58. The molecule has 3 unspecified atom stereocenters. The van der Waals surface area contributed by atoms with Gasteiger partial charge in [-0.3, -0.25) is 4.90 Å². The molecule has 5 heterocycles. The Hall–Kier alpha value is -4.53. The summed E-state index contributed by atoms with van der Waals surface area (Å²) in [4.78, 5) is 26.3. The molecule has 2 aromatic carbocycles. The summed E-state index contributed by atoms with van der Waals surface area (Å²) in [6, 6.07) is 17.7. The number of likely N-dealkylation sites (tertiary alicyclic amines) is 1. The molecule has 2 bridgehead atoms. The van der Waals surface area contributed by atoms with Crippen LogP contribution in [0, 0.1) is 23.1 Å². The zero-order chi connectivity index (χ0) is 30.2. The van der Waals surface area contributed by atoms with Crippen molar-refractivity contribution < 1.29 is 23.8 Å². The largest absolute Gasteiger partial charge is 0.478 e. The van der Waals surface area contributed by atoms with E-state index in [1.165, 1.54) is 6.07 Å². The highest BCUT2D eigenvalue weighted by atomic mass is 19.1. The minimum atomic E-state index is -0.942. The first-order chi connectivity index (χ1) is 21.4. The Morgan fingerprint density at radius 3 is 2.66 bits per heavy atom. The summed E-state index contributed by atoms with van der Waals surface area (Å²) in [5.74, 6) is 1.19. The molecular weight excluding hydrogens is 563 g/mol. The lowest BCUT2D eigenvalue weighted by molar-refractivity contribution is 0.0697. The van der Waals surface area contributed by atoms with E-state index >= 15 is 0 Å². The number of rotatable bonds is 9. The van der Waals surface area contributed by atoms with E-state index in [4.69, 9.17) is 24.7 Å². The van der Waals surface area contributed by atoms with Gasteiger partial charge in [0, 0.05) is 55.9 Å². The Bertz CT molecular complexity index is 1730. The van der Waals surface area contributed by atoms with Gasteiger partial charge in [0.15, 0.2) is 0 Å². The summed E-state index contributed by atoms with van der Waals surface area (Å²) in [6.45, 7) is 4.63. The number of fused-ring (bicyclic) bond motifs is 3. The number of hydrogen-bond donors (Lipinski definition) is 1. The van der Waals surface area contributed by atoms with Gasteiger partial charge < -0.3 is 24.0 Å². The summed E-state index contributed by atoms with van der Waals surface area (Å²) in [5, 5.41) is 18.6. The van der Waals surface area contributed by atoms with Crippen molar-refractivity contribution in [1.82, 2.24) is 19.4 Å². The van der Waals surface area contributed by atoms with Gasteiger partial charge in [0.05, 0.1) is 41.4 Å². The molecule has 3 atom stereocenters. The molecule has 0 radical (unpaired) electrons. The van der Waals surface area contributed by atoms with Gasteiger partial charge >= 0.3 is 5.97 Å². The van der Waals surface area contributed by atoms with Crippen LogP contribution < -0.4 is 9.64 Å². The fourth-order valence-corrected chi connectivity index (χ4v) is 6.82. The van der Waals surface area contributed by atoms with E-state index in [0.29, 0.717) is 30.5 Å². The number of imidazole rings is 1. The number of anilines is 1. The second-order valence-electron chi connectivity index (χ2n) is 11.9. The van der Waals surface area contributed by atoms with Crippen LogP contribution in [0.5, 0.6) is 5.88 Å². The second-order valence-corrected chi connectivity index (χ2v) is 11.9. The zero-order valence-corrected chi connectivity index (χ0v) is 24.2. The van der Waals surface area contributed by atoms with Crippen LogP contribution in [-0.4, -0.2) is 68.9 Å². The van der Waals surface area contributed by atoms with Crippen LogP contribution in [0.1, 0.15) is 46.6 Å². The van der Waals surface area contributed by atoms with E-state index in [1.54, 1.807) is 30.3 Å². The van der Waals surface area contributed by atoms with Crippen molar-refractivity contribution in [2.24, 2.45) is 5.92 Å². The number of carboxylic acid groups (broad SMARTS) is 1. The Morgan fingerprint density at radius 2 is 1.93 bits per heavy atom. The van der Waals surface area contributed by atoms with E-state index < -0.39 is 11.8 Å². The number of nitrogens with zero attached hydrogens (tertiary/aromatic N) is 6. The van der Waals surface area contributed by atoms with Crippen LogP contribution in [0.3, 0.4) is 0 Å². The first-order valence-corrected chi connectivity index (χ1v) is 15.0. The predicted molar refractivity (Wildman–Crippen MR) is 160 cm³/mol. The minimum Gasteiger partial charge on any atom is -0.478 e. The van der Waals surface area contributed by atoms with Crippen molar-refractivity contribution in [3.63, 3.8) is 0 Å². The average molecular weight is 597 g/mol. The molecule has 0 saturated carbocycles. The third-order valence-corrected chi connectivity index (χ3v) is 8.99. The lowest BCUT2D eigenvalue weighted by atomic mass is 10.1. The zero-order valence-electron chi connectivity index (χ0n) is 24.2. The number of aromatic carboxylic acids is 1.